The van der Waals surface area contributed by atoms with Crippen LogP contribution in [0.1, 0.15) is 36.1 Å². The molecular formula is C25H23Cl2FN4O4S. The summed E-state index contributed by atoms with van der Waals surface area (Å²) in [6, 6.07) is 10.5. The van der Waals surface area contributed by atoms with E-state index in [1.54, 1.807) is 41.4 Å². The topological polar surface area (TPSA) is 93.5 Å². The average Bonchev–Trinajstić information content (AvgIpc) is 3.17. The van der Waals surface area contributed by atoms with Gasteiger partial charge in [-0.1, -0.05) is 41.8 Å². The van der Waals surface area contributed by atoms with E-state index in [0.29, 0.717) is 40.6 Å². The standard InChI is InChI=1S/C25H23Cl2FN4O4S/c26-18-6-9-22(21(27)13-18)32-23-17(12-16-4-7-19(28)8-5-16)14-37(34,35)15-20(23)24(29-32)36-25(33)30-31-10-2-1-3-11-31/h4-9,12-13H,1-3,10-11,14-15H2,(H,30,33)/b17-12+. The zero-order valence-corrected chi connectivity index (χ0v) is 21.9. The number of nitrogens with one attached hydrogen (secondary N) is 1. The number of carbonyl (C=O) groups excluding carboxylic acids is 1. The number of hydrazine groups is 1. The minimum Gasteiger partial charge on any atom is -0.388 e. The van der Waals surface area contributed by atoms with Crippen molar-refractivity contribution >= 4 is 50.8 Å². The summed E-state index contributed by atoms with van der Waals surface area (Å²) in [7, 11) is -3.62. The second kappa shape index (κ2) is 10.4. The third kappa shape index (κ3) is 5.82. The quantitative estimate of drug-likeness (QED) is 0.463. The van der Waals surface area contributed by atoms with Crippen LogP contribution in [0.5, 0.6) is 5.88 Å². The van der Waals surface area contributed by atoms with Gasteiger partial charge in [0.05, 0.1) is 33.5 Å². The first-order valence-corrected chi connectivity index (χ1v) is 14.2. The average molecular weight is 565 g/mol. The molecule has 0 radical (unpaired) electrons. The minimum absolute atomic E-state index is 0.135. The molecule has 1 saturated heterocycles. The fourth-order valence-electron chi connectivity index (χ4n) is 4.49. The second-order valence-electron chi connectivity index (χ2n) is 8.94. The highest BCUT2D eigenvalue weighted by molar-refractivity contribution is 7.91. The van der Waals surface area contributed by atoms with Crippen molar-refractivity contribution in [2.24, 2.45) is 0 Å². The Kier molecular flexibility index (Phi) is 7.26. The number of halogens is 3. The normalized spacial score (nSPS) is 18.4. The number of aromatic nitrogens is 2. The van der Waals surface area contributed by atoms with E-state index in [2.05, 4.69) is 10.5 Å². The molecule has 0 bridgehead atoms. The second-order valence-corrected chi connectivity index (χ2v) is 11.9. The summed E-state index contributed by atoms with van der Waals surface area (Å²) in [6.45, 7) is 1.39. The molecule has 0 spiro atoms. The number of hydrogen-bond acceptors (Lipinski definition) is 6. The van der Waals surface area contributed by atoms with E-state index < -0.39 is 21.7 Å². The Morgan fingerprint density at radius 3 is 2.49 bits per heavy atom. The first kappa shape index (κ1) is 25.7. The van der Waals surface area contributed by atoms with E-state index in [-0.39, 0.29) is 28.0 Å². The number of rotatable bonds is 4. The molecule has 3 heterocycles. The first-order chi connectivity index (χ1) is 17.7. The molecular weight excluding hydrogens is 542 g/mol. The van der Waals surface area contributed by atoms with Crippen molar-refractivity contribution in [2.75, 3.05) is 18.8 Å². The smallest absolute Gasteiger partial charge is 0.388 e. The Hall–Kier alpha value is -2.92. The van der Waals surface area contributed by atoms with Gasteiger partial charge in [-0.3, -0.25) is 5.43 Å². The predicted octanol–water partition coefficient (Wildman–Crippen LogP) is 5.28. The minimum atomic E-state index is -3.62. The van der Waals surface area contributed by atoms with Gasteiger partial charge in [-0.15, -0.1) is 5.10 Å². The van der Waals surface area contributed by atoms with Crippen molar-refractivity contribution in [3.8, 4) is 11.6 Å². The van der Waals surface area contributed by atoms with Crippen LogP contribution in [0.4, 0.5) is 9.18 Å². The third-order valence-electron chi connectivity index (χ3n) is 6.13. The molecule has 1 N–H and O–H groups in total. The van der Waals surface area contributed by atoms with Crippen LogP contribution in [0.2, 0.25) is 10.0 Å². The summed E-state index contributed by atoms with van der Waals surface area (Å²) in [5.74, 6) is -1.20. The van der Waals surface area contributed by atoms with Crippen molar-refractivity contribution < 1.29 is 22.3 Å². The summed E-state index contributed by atoms with van der Waals surface area (Å²) in [5.41, 5.74) is 4.80. The number of fused-ring (bicyclic) bond motifs is 1. The molecule has 1 fully saturated rings. The lowest BCUT2D eigenvalue weighted by atomic mass is 10.1. The van der Waals surface area contributed by atoms with Gasteiger partial charge in [0.1, 0.15) is 5.82 Å². The van der Waals surface area contributed by atoms with Crippen LogP contribution in [0.3, 0.4) is 0 Å². The number of piperidine rings is 1. The summed E-state index contributed by atoms with van der Waals surface area (Å²) < 4.78 is 46.4. The number of sulfone groups is 1. The van der Waals surface area contributed by atoms with Crippen molar-refractivity contribution in [1.29, 1.82) is 0 Å². The van der Waals surface area contributed by atoms with Gasteiger partial charge >= 0.3 is 6.09 Å². The van der Waals surface area contributed by atoms with Gasteiger partial charge in [-0.2, -0.15) is 0 Å². The molecule has 2 aliphatic heterocycles. The van der Waals surface area contributed by atoms with Gasteiger partial charge in [0, 0.05) is 18.1 Å². The van der Waals surface area contributed by atoms with E-state index in [4.69, 9.17) is 27.9 Å². The summed E-state index contributed by atoms with van der Waals surface area (Å²) in [6.07, 6.45) is 3.89. The molecule has 0 atom stereocenters. The van der Waals surface area contributed by atoms with Gasteiger partial charge in [0.2, 0.25) is 5.88 Å². The molecule has 0 aliphatic carbocycles. The summed E-state index contributed by atoms with van der Waals surface area (Å²) >= 11 is 12.6. The van der Waals surface area contributed by atoms with Crippen molar-refractivity contribution in [3.05, 3.63) is 75.1 Å². The molecule has 5 rings (SSSR count). The highest BCUT2D eigenvalue weighted by Crippen LogP contribution is 2.39. The molecule has 2 aromatic carbocycles. The van der Waals surface area contributed by atoms with E-state index in [0.717, 1.165) is 19.3 Å². The molecule has 2 aliphatic rings. The molecule has 194 valence electrons. The molecule has 1 amide bonds. The Morgan fingerprint density at radius 2 is 1.78 bits per heavy atom. The summed E-state index contributed by atoms with van der Waals surface area (Å²) in [5, 5.41) is 6.93. The number of hydrogen-bond donors (Lipinski definition) is 1. The largest absolute Gasteiger partial charge is 0.428 e. The van der Waals surface area contributed by atoms with Crippen molar-refractivity contribution in [3.63, 3.8) is 0 Å². The number of ether oxygens (including phenoxy) is 1. The number of benzene rings is 2. The van der Waals surface area contributed by atoms with Crippen LogP contribution >= 0.6 is 23.2 Å². The Morgan fingerprint density at radius 1 is 1.05 bits per heavy atom. The molecule has 0 saturated carbocycles. The van der Waals surface area contributed by atoms with Gasteiger partial charge < -0.3 is 4.74 Å². The van der Waals surface area contributed by atoms with Crippen LogP contribution in [-0.4, -0.2) is 48.1 Å². The van der Waals surface area contributed by atoms with Crippen LogP contribution < -0.4 is 10.2 Å². The highest BCUT2D eigenvalue weighted by Gasteiger charge is 2.35. The SMILES string of the molecule is O=C(NN1CCCCC1)Oc1nn(-c2ccc(Cl)cc2Cl)c2c1CS(=O)(=O)C/C2=C\c1ccc(F)cc1. The highest BCUT2D eigenvalue weighted by atomic mass is 35.5. The van der Waals surface area contributed by atoms with Gasteiger partial charge in [0.25, 0.3) is 0 Å². The fourth-order valence-corrected chi connectivity index (χ4v) is 6.48. The Labute approximate surface area is 223 Å². The maximum Gasteiger partial charge on any atom is 0.428 e. The molecule has 3 aromatic rings. The van der Waals surface area contributed by atoms with Crippen molar-refractivity contribution in [2.45, 2.75) is 25.0 Å². The van der Waals surface area contributed by atoms with Gasteiger partial charge in [0.15, 0.2) is 9.84 Å². The lowest BCUT2D eigenvalue weighted by molar-refractivity contribution is 0.127. The van der Waals surface area contributed by atoms with Crippen LogP contribution in [0.25, 0.3) is 17.3 Å². The lowest BCUT2D eigenvalue weighted by Crippen LogP contribution is -2.46. The molecule has 37 heavy (non-hydrogen) atoms. The van der Waals surface area contributed by atoms with Gasteiger partial charge in [-0.05, 0) is 60.4 Å². The first-order valence-electron chi connectivity index (χ1n) is 11.7. The molecule has 1 aromatic heterocycles. The zero-order valence-electron chi connectivity index (χ0n) is 19.6. The van der Waals surface area contributed by atoms with Crippen LogP contribution in [0.15, 0.2) is 42.5 Å². The third-order valence-corrected chi connectivity index (χ3v) is 8.15. The van der Waals surface area contributed by atoms with Crippen LogP contribution in [0, 0.1) is 5.82 Å². The van der Waals surface area contributed by atoms with E-state index >= 15 is 0 Å². The maximum atomic E-state index is 13.5. The predicted molar refractivity (Wildman–Crippen MR) is 140 cm³/mol. The number of amides is 1. The Bertz CT molecular complexity index is 1480. The van der Waals surface area contributed by atoms with Crippen LogP contribution in [-0.2, 0) is 15.6 Å². The molecule has 0 unspecified atom stereocenters. The van der Waals surface area contributed by atoms with E-state index in [1.165, 1.54) is 16.8 Å². The zero-order chi connectivity index (χ0) is 26.2. The van der Waals surface area contributed by atoms with E-state index in [1.807, 2.05) is 0 Å². The summed E-state index contributed by atoms with van der Waals surface area (Å²) in [4.78, 5) is 12.7. The molecule has 12 heteroatoms. The van der Waals surface area contributed by atoms with E-state index in [9.17, 15) is 17.6 Å². The lowest BCUT2D eigenvalue weighted by Gasteiger charge is -2.26. The van der Waals surface area contributed by atoms with Crippen molar-refractivity contribution in [1.82, 2.24) is 20.2 Å². The number of carbonyl (C=O) groups is 1. The maximum absolute atomic E-state index is 13.5. The van der Waals surface area contributed by atoms with Gasteiger partial charge in [-0.25, -0.2) is 27.3 Å². The monoisotopic (exact) mass is 564 g/mol. The molecule has 8 nitrogen and oxygen atoms in total. The Balaban J connectivity index is 1.61. The fraction of sp³-hybridized carbons (Fsp3) is 0.280. The number of nitrogens with zero attached hydrogens (tertiary/aromatic N) is 3.